The summed E-state index contributed by atoms with van der Waals surface area (Å²) in [5, 5.41) is 0. The van der Waals surface area contributed by atoms with Gasteiger partial charge in [-0.05, 0) is 42.7 Å². The molecular formula is C22H22N2O4. The standard InChI is InChI=1S/C22H22N2O4/c1-27-15-6-7-17(20(12-15)28-2)24-18-4-3-5-19(25)22(18)16(13-21(24)26)14-8-10-23-11-9-14/h6-12,16H,3-5,13H2,1-2H3. The van der Waals surface area contributed by atoms with Crippen molar-refractivity contribution in [3.8, 4) is 11.5 Å². The minimum absolute atomic E-state index is 0.0428. The molecule has 0 bridgehead atoms. The second-order valence-electron chi connectivity index (χ2n) is 6.94. The zero-order valence-electron chi connectivity index (χ0n) is 16.0. The Morgan fingerprint density at radius 2 is 1.82 bits per heavy atom. The first-order chi connectivity index (χ1) is 13.6. The molecule has 1 atom stereocenters. The number of rotatable bonds is 4. The van der Waals surface area contributed by atoms with Crippen molar-refractivity contribution in [3.05, 3.63) is 59.6 Å². The number of benzene rings is 1. The first-order valence-corrected chi connectivity index (χ1v) is 9.35. The van der Waals surface area contributed by atoms with E-state index in [1.54, 1.807) is 43.6 Å². The van der Waals surface area contributed by atoms with E-state index in [1.807, 2.05) is 18.2 Å². The van der Waals surface area contributed by atoms with E-state index in [1.165, 1.54) is 0 Å². The molecule has 6 nitrogen and oxygen atoms in total. The van der Waals surface area contributed by atoms with Gasteiger partial charge in [0, 0.05) is 48.5 Å². The number of amides is 1. The van der Waals surface area contributed by atoms with E-state index in [-0.39, 0.29) is 24.0 Å². The van der Waals surface area contributed by atoms with Crippen LogP contribution in [0.2, 0.25) is 0 Å². The van der Waals surface area contributed by atoms with Crippen LogP contribution in [0.4, 0.5) is 5.69 Å². The quantitative estimate of drug-likeness (QED) is 0.813. The lowest BCUT2D eigenvalue weighted by Gasteiger charge is -2.38. The van der Waals surface area contributed by atoms with Crippen molar-refractivity contribution in [1.82, 2.24) is 4.98 Å². The molecule has 4 rings (SSSR count). The number of aromatic nitrogens is 1. The number of methoxy groups -OCH3 is 2. The molecule has 144 valence electrons. The fraction of sp³-hybridized carbons (Fsp3) is 0.318. The molecule has 0 spiro atoms. The number of carbonyl (C=O) groups is 2. The molecule has 0 fully saturated rings. The Kier molecular flexibility index (Phi) is 4.86. The average Bonchev–Trinajstić information content (AvgIpc) is 2.73. The number of allylic oxidation sites excluding steroid dienone is 2. The van der Waals surface area contributed by atoms with E-state index in [2.05, 4.69) is 4.98 Å². The third-order valence-electron chi connectivity index (χ3n) is 5.41. The van der Waals surface area contributed by atoms with Gasteiger partial charge in [-0.2, -0.15) is 0 Å². The Balaban J connectivity index is 1.87. The summed E-state index contributed by atoms with van der Waals surface area (Å²) in [6, 6.07) is 9.13. The zero-order chi connectivity index (χ0) is 19.7. The van der Waals surface area contributed by atoms with Gasteiger partial charge < -0.3 is 9.47 Å². The molecule has 0 radical (unpaired) electrons. The SMILES string of the molecule is COc1ccc(N2C(=O)CC(c3ccncc3)C3=C2CCCC3=O)c(OC)c1. The van der Waals surface area contributed by atoms with E-state index in [0.717, 1.165) is 23.3 Å². The summed E-state index contributed by atoms with van der Waals surface area (Å²) in [4.78, 5) is 31.9. The van der Waals surface area contributed by atoms with Crippen LogP contribution in [-0.4, -0.2) is 30.9 Å². The summed E-state index contributed by atoms with van der Waals surface area (Å²) in [7, 11) is 3.15. The van der Waals surface area contributed by atoms with E-state index < -0.39 is 0 Å². The highest BCUT2D eigenvalue weighted by Gasteiger charge is 2.40. The molecule has 2 aliphatic rings. The van der Waals surface area contributed by atoms with Crippen molar-refractivity contribution in [2.75, 3.05) is 19.1 Å². The van der Waals surface area contributed by atoms with Crippen LogP contribution >= 0.6 is 0 Å². The van der Waals surface area contributed by atoms with Crippen LogP contribution in [0.1, 0.15) is 37.2 Å². The maximum Gasteiger partial charge on any atom is 0.232 e. The van der Waals surface area contributed by atoms with Crippen LogP contribution in [0.3, 0.4) is 0 Å². The predicted octanol–water partition coefficient (Wildman–Crippen LogP) is 3.63. The molecule has 1 amide bonds. The number of nitrogens with zero attached hydrogens (tertiary/aromatic N) is 2. The Hall–Kier alpha value is -3.15. The Bertz CT molecular complexity index is 952. The number of hydrogen-bond donors (Lipinski definition) is 0. The summed E-state index contributed by atoms with van der Waals surface area (Å²) in [6.45, 7) is 0. The van der Waals surface area contributed by atoms with Crippen LogP contribution in [0.25, 0.3) is 0 Å². The molecule has 2 heterocycles. The molecule has 0 saturated heterocycles. The lowest BCUT2D eigenvalue weighted by molar-refractivity contribution is -0.120. The molecule has 1 aromatic heterocycles. The number of hydrogen-bond acceptors (Lipinski definition) is 5. The molecule has 2 aromatic rings. The summed E-state index contributed by atoms with van der Waals surface area (Å²) < 4.78 is 10.8. The minimum atomic E-state index is -0.223. The molecular weight excluding hydrogens is 356 g/mol. The molecule has 1 aliphatic carbocycles. The first-order valence-electron chi connectivity index (χ1n) is 9.35. The molecule has 6 heteroatoms. The van der Waals surface area contributed by atoms with Crippen LogP contribution in [0.15, 0.2) is 54.0 Å². The van der Waals surface area contributed by atoms with Gasteiger partial charge in [0.2, 0.25) is 5.91 Å². The minimum Gasteiger partial charge on any atom is -0.497 e. The van der Waals surface area contributed by atoms with Crippen molar-refractivity contribution >= 4 is 17.4 Å². The normalized spacial score (nSPS) is 19.5. The van der Waals surface area contributed by atoms with Crippen LogP contribution < -0.4 is 14.4 Å². The van der Waals surface area contributed by atoms with Crippen LogP contribution in [0.5, 0.6) is 11.5 Å². The van der Waals surface area contributed by atoms with E-state index in [4.69, 9.17) is 9.47 Å². The largest absolute Gasteiger partial charge is 0.497 e. The van der Waals surface area contributed by atoms with Crippen molar-refractivity contribution in [2.24, 2.45) is 0 Å². The summed E-state index contributed by atoms with van der Waals surface area (Å²) in [5.74, 6) is 1.04. The summed E-state index contributed by atoms with van der Waals surface area (Å²) in [6.07, 6.45) is 5.58. The second-order valence-corrected chi connectivity index (χ2v) is 6.94. The van der Waals surface area contributed by atoms with Gasteiger partial charge in [-0.3, -0.25) is 19.5 Å². The maximum atomic E-state index is 13.2. The van der Waals surface area contributed by atoms with Crippen LogP contribution in [0, 0.1) is 0 Å². The van der Waals surface area contributed by atoms with Gasteiger partial charge in [0.1, 0.15) is 11.5 Å². The van der Waals surface area contributed by atoms with Gasteiger partial charge in [-0.15, -0.1) is 0 Å². The van der Waals surface area contributed by atoms with Crippen molar-refractivity contribution in [1.29, 1.82) is 0 Å². The molecule has 1 aromatic carbocycles. The molecule has 1 aliphatic heterocycles. The van der Waals surface area contributed by atoms with E-state index in [9.17, 15) is 9.59 Å². The van der Waals surface area contributed by atoms with Gasteiger partial charge in [0.05, 0.1) is 19.9 Å². The predicted molar refractivity (Wildman–Crippen MR) is 105 cm³/mol. The molecule has 1 unspecified atom stereocenters. The zero-order valence-corrected chi connectivity index (χ0v) is 16.0. The number of ketones is 1. The van der Waals surface area contributed by atoms with E-state index >= 15 is 0 Å². The van der Waals surface area contributed by atoms with E-state index in [0.29, 0.717) is 30.0 Å². The number of Topliss-reactive ketones (excluding diaryl/α,β-unsaturated/α-hetero) is 1. The second kappa shape index (κ2) is 7.46. The highest BCUT2D eigenvalue weighted by molar-refractivity contribution is 6.08. The highest BCUT2D eigenvalue weighted by Crippen LogP contribution is 2.45. The van der Waals surface area contributed by atoms with Gasteiger partial charge in [0.25, 0.3) is 0 Å². The summed E-state index contributed by atoms with van der Waals surface area (Å²) in [5.41, 5.74) is 3.13. The number of anilines is 1. The maximum absolute atomic E-state index is 13.2. The fourth-order valence-electron chi connectivity index (χ4n) is 4.12. The number of carbonyl (C=O) groups excluding carboxylic acids is 2. The lowest BCUT2D eigenvalue weighted by atomic mass is 9.77. The first kappa shape index (κ1) is 18.2. The number of pyridine rings is 1. The third kappa shape index (κ3) is 3.05. The fourth-order valence-corrected chi connectivity index (χ4v) is 4.12. The van der Waals surface area contributed by atoms with Crippen molar-refractivity contribution in [2.45, 2.75) is 31.6 Å². The average molecular weight is 378 g/mol. The Morgan fingerprint density at radius 1 is 1.04 bits per heavy atom. The van der Waals surface area contributed by atoms with Crippen molar-refractivity contribution in [3.63, 3.8) is 0 Å². The van der Waals surface area contributed by atoms with Gasteiger partial charge in [0.15, 0.2) is 5.78 Å². The molecule has 0 saturated carbocycles. The lowest BCUT2D eigenvalue weighted by Crippen LogP contribution is -2.40. The third-order valence-corrected chi connectivity index (χ3v) is 5.41. The van der Waals surface area contributed by atoms with Crippen molar-refractivity contribution < 1.29 is 19.1 Å². The Morgan fingerprint density at radius 3 is 2.54 bits per heavy atom. The number of ether oxygens (including phenoxy) is 2. The topological polar surface area (TPSA) is 68.7 Å². The smallest absolute Gasteiger partial charge is 0.232 e. The van der Waals surface area contributed by atoms with Gasteiger partial charge >= 0.3 is 0 Å². The molecule has 0 N–H and O–H groups in total. The summed E-state index contributed by atoms with van der Waals surface area (Å²) >= 11 is 0. The monoisotopic (exact) mass is 378 g/mol. The highest BCUT2D eigenvalue weighted by atomic mass is 16.5. The molecule has 28 heavy (non-hydrogen) atoms. The van der Waals surface area contributed by atoms with Gasteiger partial charge in [-0.1, -0.05) is 0 Å². The van der Waals surface area contributed by atoms with Gasteiger partial charge in [-0.25, -0.2) is 0 Å². The van der Waals surface area contributed by atoms with Crippen LogP contribution in [-0.2, 0) is 9.59 Å². The Labute approximate surface area is 163 Å².